The van der Waals surface area contributed by atoms with Gasteiger partial charge in [-0.3, -0.25) is 4.98 Å². The molecule has 0 aliphatic carbocycles. The van der Waals surface area contributed by atoms with Crippen LogP contribution in [0.2, 0.25) is 0 Å². The molecule has 0 N–H and O–H groups in total. The first-order valence-electron chi connectivity index (χ1n) is 9.31. The van der Waals surface area contributed by atoms with E-state index in [-0.39, 0.29) is 0 Å². The number of anilines is 2. The van der Waals surface area contributed by atoms with Gasteiger partial charge in [0.1, 0.15) is 18.0 Å². The van der Waals surface area contributed by atoms with Crippen molar-refractivity contribution in [1.82, 2.24) is 29.7 Å². The molecular weight excluding hydrogens is 352 g/mol. The lowest BCUT2D eigenvalue weighted by atomic mass is 10.2. The summed E-state index contributed by atoms with van der Waals surface area (Å²) in [6, 6.07) is 8.05. The quantitative estimate of drug-likeness (QED) is 0.546. The molecule has 0 radical (unpaired) electrons. The Morgan fingerprint density at radius 1 is 0.893 bits per heavy atom. The number of piperazine rings is 1. The van der Waals surface area contributed by atoms with Crippen LogP contribution < -0.4 is 9.80 Å². The van der Waals surface area contributed by atoms with Gasteiger partial charge < -0.3 is 9.80 Å². The lowest BCUT2D eigenvalue weighted by Crippen LogP contribution is -2.47. The number of rotatable bonds is 3. The fraction of sp³-hybridized carbons (Fsp3) is 0.250. The highest BCUT2D eigenvalue weighted by Gasteiger charge is 2.21. The molecular formula is C20H20N8. The van der Waals surface area contributed by atoms with E-state index in [1.54, 1.807) is 18.7 Å². The second-order valence-corrected chi connectivity index (χ2v) is 6.88. The number of nitrogens with zero attached hydrogens (tertiary/aromatic N) is 8. The van der Waals surface area contributed by atoms with E-state index in [4.69, 9.17) is 4.98 Å². The molecule has 1 aliphatic heterocycles. The van der Waals surface area contributed by atoms with E-state index >= 15 is 0 Å². The Morgan fingerprint density at radius 2 is 1.71 bits per heavy atom. The summed E-state index contributed by atoms with van der Waals surface area (Å²) in [5.41, 5.74) is 1.99. The molecule has 4 aromatic rings. The van der Waals surface area contributed by atoms with Crippen LogP contribution in [0.5, 0.6) is 0 Å². The van der Waals surface area contributed by atoms with Gasteiger partial charge in [-0.2, -0.15) is 5.10 Å². The predicted octanol–water partition coefficient (Wildman–Crippen LogP) is 2.24. The van der Waals surface area contributed by atoms with Crippen molar-refractivity contribution in [1.29, 1.82) is 0 Å². The summed E-state index contributed by atoms with van der Waals surface area (Å²) in [5, 5.41) is 5.40. The van der Waals surface area contributed by atoms with E-state index in [0.29, 0.717) is 0 Å². The molecule has 1 aliphatic rings. The van der Waals surface area contributed by atoms with E-state index in [0.717, 1.165) is 60.1 Å². The summed E-state index contributed by atoms with van der Waals surface area (Å²) >= 11 is 0. The number of hydrogen-bond donors (Lipinski definition) is 0. The Labute approximate surface area is 162 Å². The van der Waals surface area contributed by atoms with Crippen LogP contribution in [0.4, 0.5) is 11.6 Å². The van der Waals surface area contributed by atoms with Crippen molar-refractivity contribution < 1.29 is 0 Å². The molecule has 140 valence electrons. The maximum Gasteiger partial charge on any atom is 0.155 e. The average molecular weight is 372 g/mol. The topological polar surface area (TPSA) is 75.9 Å². The van der Waals surface area contributed by atoms with Crippen molar-refractivity contribution in [3.05, 3.63) is 60.9 Å². The summed E-state index contributed by atoms with van der Waals surface area (Å²) in [6.45, 7) is 5.54. The highest BCUT2D eigenvalue weighted by molar-refractivity contribution is 5.88. The minimum Gasteiger partial charge on any atom is -0.353 e. The number of pyridine rings is 2. The minimum absolute atomic E-state index is 0.835. The van der Waals surface area contributed by atoms with Crippen molar-refractivity contribution in [2.45, 2.75) is 6.92 Å². The Kier molecular flexibility index (Phi) is 4.08. The number of fused-ring (bicyclic) bond motifs is 1. The lowest BCUT2D eigenvalue weighted by molar-refractivity contribution is 0.641. The molecule has 28 heavy (non-hydrogen) atoms. The second kappa shape index (κ2) is 6.88. The van der Waals surface area contributed by atoms with Crippen molar-refractivity contribution in [3.63, 3.8) is 0 Å². The Balaban J connectivity index is 1.35. The van der Waals surface area contributed by atoms with Gasteiger partial charge in [-0.1, -0.05) is 6.07 Å². The fourth-order valence-electron chi connectivity index (χ4n) is 3.55. The second-order valence-electron chi connectivity index (χ2n) is 6.88. The fourth-order valence-corrected chi connectivity index (χ4v) is 3.55. The monoisotopic (exact) mass is 372 g/mol. The zero-order valence-electron chi connectivity index (χ0n) is 15.6. The molecule has 0 atom stereocenters. The van der Waals surface area contributed by atoms with Gasteiger partial charge in [0, 0.05) is 44.0 Å². The van der Waals surface area contributed by atoms with Gasteiger partial charge in [0.05, 0.1) is 17.9 Å². The van der Waals surface area contributed by atoms with Crippen LogP contribution in [0.1, 0.15) is 5.56 Å². The molecule has 0 unspecified atom stereocenters. The highest BCUT2D eigenvalue weighted by Crippen LogP contribution is 2.24. The van der Waals surface area contributed by atoms with Gasteiger partial charge in [0.2, 0.25) is 0 Å². The van der Waals surface area contributed by atoms with Crippen LogP contribution in [-0.2, 0) is 0 Å². The van der Waals surface area contributed by atoms with Crippen molar-refractivity contribution in [3.8, 4) is 5.82 Å². The van der Waals surface area contributed by atoms with Crippen molar-refractivity contribution in [2.75, 3.05) is 36.0 Å². The van der Waals surface area contributed by atoms with Crippen LogP contribution in [-0.4, -0.2) is 55.9 Å². The van der Waals surface area contributed by atoms with Crippen molar-refractivity contribution >= 4 is 22.5 Å². The third kappa shape index (κ3) is 3.02. The van der Waals surface area contributed by atoms with Crippen LogP contribution >= 0.6 is 0 Å². The van der Waals surface area contributed by atoms with Crippen LogP contribution in [0.25, 0.3) is 16.7 Å². The minimum atomic E-state index is 0.835. The molecule has 4 aromatic heterocycles. The first kappa shape index (κ1) is 16.6. The zero-order valence-corrected chi connectivity index (χ0v) is 15.6. The standard InChI is InChI=1S/C20H20N8/c1-15-11-24-28(13-15)19-4-2-3-18(25-19)26-7-9-27(10-8-26)20-16-5-6-21-12-17(16)22-14-23-20/h2-6,11-14H,7-10H2,1H3. The molecule has 0 amide bonds. The summed E-state index contributed by atoms with van der Waals surface area (Å²) in [4.78, 5) is 22.4. The molecule has 0 spiro atoms. The summed E-state index contributed by atoms with van der Waals surface area (Å²) < 4.78 is 1.82. The molecule has 0 saturated carbocycles. The Bertz CT molecular complexity index is 1110. The van der Waals surface area contributed by atoms with Crippen LogP contribution in [0, 0.1) is 6.92 Å². The number of aromatic nitrogens is 6. The van der Waals surface area contributed by atoms with Gasteiger partial charge in [-0.25, -0.2) is 19.6 Å². The van der Waals surface area contributed by atoms with Gasteiger partial charge in [0.15, 0.2) is 5.82 Å². The third-order valence-corrected chi connectivity index (χ3v) is 4.99. The molecule has 0 aromatic carbocycles. The zero-order chi connectivity index (χ0) is 18.9. The first-order chi connectivity index (χ1) is 13.8. The molecule has 5 rings (SSSR count). The van der Waals surface area contributed by atoms with Gasteiger partial charge in [-0.05, 0) is 30.7 Å². The Hall–Kier alpha value is -3.55. The highest BCUT2D eigenvalue weighted by atomic mass is 15.3. The van der Waals surface area contributed by atoms with Gasteiger partial charge in [-0.15, -0.1) is 0 Å². The summed E-state index contributed by atoms with van der Waals surface area (Å²) in [6.07, 6.45) is 9.01. The van der Waals surface area contributed by atoms with E-state index in [2.05, 4.69) is 35.9 Å². The van der Waals surface area contributed by atoms with Crippen molar-refractivity contribution in [2.24, 2.45) is 0 Å². The lowest BCUT2D eigenvalue weighted by Gasteiger charge is -2.36. The first-order valence-corrected chi connectivity index (χ1v) is 9.31. The molecule has 8 heteroatoms. The maximum atomic E-state index is 4.80. The number of aryl methyl sites for hydroxylation is 1. The Morgan fingerprint density at radius 3 is 2.54 bits per heavy atom. The number of hydrogen-bond acceptors (Lipinski definition) is 7. The summed E-state index contributed by atoms with van der Waals surface area (Å²) in [7, 11) is 0. The molecule has 1 saturated heterocycles. The van der Waals surface area contributed by atoms with Crippen LogP contribution in [0.15, 0.2) is 55.4 Å². The normalized spacial score (nSPS) is 14.6. The average Bonchev–Trinajstić information content (AvgIpc) is 3.20. The van der Waals surface area contributed by atoms with Gasteiger partial charge >= 0.3 is 0 Å². The maximum absolute atomic E-state index is 4.80. The van der Waals surface area contributed by atoms with E-state index in [9.17, 15) is 0 Å². The largest absolute Gasteiger partial charge is 0.353 e. The predicted molar refractivity (Wildman–Crippen MR) is 108 cm³/mol. The van der Waals surface area contributed by atoms with Gasteiger partial charge in [0.25, 0.3) is 0 Å². The van der Waals surface area contributed by atoms with E-state index in [1.807, 2.05) is 42.2 Å². The SMILES string of the molecule is Cc1cnn(-c2cccc(N3CCN(c4ncnc5cnccc45)CC3)n2)c1. The smallest absolute Gasteiger partial charge is 0.155 e. The van der Waals surface area contributed by atoms with E-state index in [1.165, 1.54) is 0 Å². The molecule has 5 heterocycles. The van der Waals surface area contributed by atoms with E-state index < -0.39 is 0 Å². The molecule has 0 bridgehead atoms. The summed E-state index contributed by atoms with van der Waals surface area (Å²) in [5.74, 6) is 2.78. The molecule has 1 fully saturated rings. The van der Waals surface area contributed by atoms with Crippen LogP contribution in [0.3, 0.4) is 0 Å². The third-order valence-electron chi connectivity index (χ3n) is 4.99. The molecule has 8 nitrogen and oxygen atoms in total.